The molecule has 2 heterocycles. The third-order valence-corrected chi connectivity index (χ3v) is 3.86. The van der Waals surface area contributed by atoms with Crippen LogP contribution in [0.5, 0.6) is 0 Å². The molecule has 2 aromatic rings. The maximum atomic E-state index is 4.29. The average Bonchev–Trinajstić information content (AvgIpc) is 2.50. The molecule has 0 aliphatic rings. The van der Waals surface area contributed by atoms with Gasteiger partial charge < -0.3 is 0 Å². The fourth-order valence-electron chi connectivity index (χ4n) is 1.04. The van der Waals surface area contributed by atoms with Crippen LogP contribution in [0.3, 0.4) is 0 Å². The van der Waals surface area contributed by atoms with Crippen molar-refractivity contribution in [3.05, 3.63) is 28.2 Å². The van der Waals surface area contributed by atoms with E-state index in [0.29, 0.717) is 0 Å². The molecule has 2 rings (SSSR count). The van der Waals surface area contributed by atoms with E-state index in [-0.39, 0.29) is 21.2 Å². The maximum absolute atomic E-state index is 4.29. The summed E-state index contributed by atoms with van der Waals surface area (Å²) in [6, 6.07) is 1.90. The van der Waals surface area contributed by atoms with E-state index in [1.165, 1.54) is 8.00 Å². The summed E-state index contributed by atoms with van der Waals surface area (Å²) in [6.45, 7) is 2.21. The number of aromatic nitrogens is 3. The minimum atomic E-state index is 0.119. The third kappa shape index (κ3) is 1.31. The molecule has 0 aliphatic carbocycles. The molecule has 12 heavy (non-hydrogen) atoms. The predicted octanol–water partition coefficient (Wildman–Crippen LogP) is -1.99. The molecule has 0 amide bonds. The van der Waals surface area contributed by atoms with Gasteiger partial charge in [-0.3, -0.25) is 0 Å². The van der Waals surface area contributed by atoms with Crippen LogP contribution in [-0.2, 0) is 0 Å². The van der Waals surface area contributed by atoms with E-state index in [1.54, 1.807) is 0 Å². The van der Waals surface area contributed by atoms with E-state index >= 15 is 0 Å². The van der Waals surface area contributed by atoms with E-state index < -0.39 is 0 Å². The molecule has 0 radical (unpaired) electrons. The molecule has 0 aromatic carbocycles. The van der Waals surface area contributed by atoms with Crippen LogP contribution in [0.2, 0.25) is 0 Å². The zero-order valence-electron chi connectivity index (χ0n) is 6.74. The molecule has 0 aliphatic heterocycles. The summed E-state index contributed by atoms with van der Waals surface area (Å²) in [5.41, 5.74) is 1.03. The van der Waals surface area contributed by atoms with Gasteiger partial charge in [0, 0.05) is 0 Å². The van der Waals surface area contributed by atoms with Crippen LogP contribution in [0.4, 0.5) is 0 Å². The molecule has 0 fully saturated rings. The molecule has 0 bridgehead atoms. The van der Waals surface area contributed by atoms with Crippen LogP contribution >= 0.6 is 0 Å². The van der Waals surface area contributed by atoms with Crippen LogP contribution in [0.15, 0.2) is 24.7 Å². The van der Waals surface area contributed by atoms with Gasteiger partial charge in [-0.2, -0.15) is 0 Å². The fourth-order valence-corrected chi connectivity index (χ4v) is 2.91. The van der Waals surface area contributed by atoms with Crippen molar-refractivity contribution in [2.75, 3.05) is 4.43 Å². The van der Waals surface area contributed by atoms with Crippen LogP contribution in [0.1, 0.15) is 6.92 Å². The Morgan fingerprint density at radius 3 is 3.33 bits per heavy atom. The molecule has 2 aromatic heterocycles. The Bertz CT molecular complexity index is 382. The van der Waals surface area contributed by atoms with Crippen molar-refractivity contribution in [1.82, 2.24) is 14.6 Å². The van der Waals surface area contributed by atoms with Gasteiger partial charge in [-0.25, -0.2) is 0 Å². The Balaban J connectivity index is 2.55. The topological polar surface area (TPSA) is 30.2 Å². The van der Waals surface area contributed by atoms with E-state index in [9.17, 15) is 0 Å². The Morgan fingerprint density at radius 2 is 2.50 bits per heavy atom. The van der Waals surface area contributed by atoms with Gasteiger partial charge in [-0.1, -0.05) is 0 Å². The number of halogens is 1. The molecular weight excluding hydrogens is 265 g/mol. The Hall–Kier alpha value is -0.650. The van der Waals surface area contributed by atoms with Gasteiger partial charge >= 0.3 is 81.0 Å². The van der Waals surface area contributed by atoms with Crippen LogP contribution < -0.4 is 21.2 Å². The Labute approximate surface area is 81.1 Å². The first-order valence-corrected chi connectivity index (χ1v) is 6.39. The summed E-state index contributed by atoms with van der Waals surface area (Å²) in [5.74, 6) is 0. The van der Waals surface area contributed by atoms with Crippen molar-refractivity contribution >= 4 is 5.65 Å². The van der Waals surface area contributed by atoms with Gasteiger partial charge in [-0.05, 0) is 0 Å². The van der Waals surface area contributed by atoms with E-state index in [1.807, 2.05) is 29.2 Å². The van der Waals surface area contributed by atoms with Crippen molar-refractivity contribution in [3.8, 4) is 0 Å². The number of alkyl halides is 1. The van der Waals surface area contributed by atoms with Crippen molar-refractivity contribution in [2.24, 2.45) is 0 Å². The second-order valence-electron chi connectivity index (χ2n) is 2.28. The van der Waals surface area contributed by atoms with E-state index in [2.05, 4.69) is 17.0 Å². The summed E-state index contributed by atoms with van der Waals surface area (Å²) in [4.78, 5) is 4.29. The predicted molar refractivity (Wildman–Crippen MR) is 42.2 cm³/mol. The summed E-state index contributed by atoms with van der Waals surface area (Å²) in [6.07, 6.45) is 5.70. The molecular formula is C8H9IN3-. The SMILES string of the molecule is CC[I-]c1cnn2cccnc12. The standard InChI is InChI=1S/C8H9IN3/c1-2-9-7-6-11-12-5-3-4-10-8(7)12/h3-6H,2H2,1H3/q-1. The van der Waals surface area contributed by atoms with Crippen LogP contribution in [-0.4, -0.2) is 19.0 Å². The van der Waals surface area contributed by atoms with Gasteiger partial charge in [0.05, 0.1) is 0 Å². The Kier molecular flexibility index (Phi) is 2.25. The second-order valence-corrected chi connectivity index (χ2v) is 5.73. The molecule has 0 saturated heterocycles. The van der Waals surface area contributed by atoms with Crippen molar-refractivity contribution in [1.29, 1.82) is 0 Å². The van der Waals surface area contributed by atoms with Gasteiger partial charge in [0.1, 0.15) is 0 Å². The molecule has 3 nitrogen and oxygen atoms in total. The van der Waals surface area contributed by atoms with Crippen molar-refractivity contribution in [2.45, 2.75) is 6.92 Å². The third-order valence-electron chi connectivity index (χ3n) is 1.51. The fraction of sp³-hybridized carbons (Fsp3) is 0.250. The summed E-state index contributed by atoms with van der Waals surface area (Å²) < 4.78 is 4.43. The number of fused-ring (bicyclic) bond motifs is 1. The molecule has 0 saturated carbocycles. The summed E-state index contributed by atoms with van der Waals surface area (Å²) >= 11 is 0.119. The molecule has 4 heteroatoms. The number of rotatable bonds is 2. The molecule has 0 N–H and O–H groups in total. The first kappa shape index (κ1) is 7.97. The van der Waals surface area contributed by atoms with Gasteiger partial charge in [0.2, 0.25) is 0 Å². The Morgan fingerprint density at radius 1 is 1.58 bits per heavy atom. The number of nitrogens with zero attached hydrogens (tertiary/aromatic N) is 3. The number of hydrogen-bond acceptors (Lipinski definition) is 2. The quantitative estimate of drug-likeness (QED) is 0.469. The van der Waals surface area contributed by atoms with Gasteiger partial charge in [-0.15, -0.1) is 0 Å². The summed E-state index contributed by atoms with van der Waals surface area (Å²) in [7, 11) is 0. The number of hydrogen-bond donors (Lipinski definition) is 0. The van der Waals surface area contributed by atoms with Gasteiger partial charge in [0.15, 0.2) is 0 Å². The first-order chi connectivity index (χ1) is 5.92. The molecule has 0 spiro atoms. The minimum absolute atomic E-state index is 0.119. The molecule has 0 unspecified atom stereocenters. The normalized spacial score (nSPS) is 11.1. The zero-order chi connectivity index (χ0) is 8.39. The van der Waals surface area contributed by atoms with E-state index in [0.717, 1.165) is 5.65 Å². The second kappa shape index (κ2) is 3.38. The van der Waals surface area contributed by atoms with Crippen LogP contribution in [0.25, 0.3) is 5.65 Å². The van der Waals surface area contributed by atoms with E-state index in [4.69, 9.17) is 0 Å². The van der Waals surface area contributed by atoms with Crippen LogP contribution in [0, 0.1) is 3.57 Å². The first-order valence-electron chi connectivity index (χ1n) is 3.79. The monoisotopic (exact) mass is 274 g/mol. The van der Waals surface area contributed by atoms with Crippen molar-refractivity contribution in [3.63, 3.8) is 0 Å². The molecule has 0 atom stereocenters. The zero-order valence-corrected chi connectivity index (χ0v) is 8.89. The average molecular weight is 274 g/mol. The van der Waals surface area contributed by atoms with Gasteiger partial charge in [0.25, 0.3) is 0 Å². The van der Waals surface area contributed by atoms with Crippen molar-refractivity contribution < 1.29 is 21.2 Å². The summed E-state index contributed by atoms with van der Waals surface area (Å²) in [5, 5.41) is 4.22. The molecule has 64 valence electrons.